The van der Waals surface area contributed by atoms with Crippen LogP contribution in [0.1, 0.15) is 0 Å². The van der Waals surface area contributed by atoms with Crippen LogP contribution in [0.5, 0.6) is 0 Å². The van der Waals surface area contributed by atoms with Gasteiger partial charge in [0.25, 0.3) is 0 Å². The van der Waals surface area contributed by atoms with E-state index in [0.29, 0.717) is 5.82 Å². The quantitative estimate of drug-likeness (QED) is 0.182. The van der Waals surface area contributed by atoms with Gasteiger partial charge >= 0.3 is 0 Å². The minimum atomic E-state index is 0.705. The fourth-order valence-electron chi connectivity index (χ4n) is 6.74. The fraction of sp³-hybridized carbons (Fsp3) is 0. The van der Waals surface area contributed by atoms with Crippen molar-refractivity contribution in [1.82, 2.24) is 19.9 Å². The van der Waals surface area contributed by atoms with Crippen molar-refractivity contribution in [1.29, 1.82) is 0 Å². The lowest BCUT2D eigenvalue weighted by atomic mass is 10.0. The van der Waals surface area contributed by atoms with Gasteiger partial charge in [-0.3, -0.25) is 0 Å². The second-order valence-electron chi connectivity index (χ2n) is 12.2. The zero-order chi connectivity index (χ0) is 33.0. The summed E-state index contributed by atoms with van der Waals surface area (Å²) >= 11 is 3.55. The fourth-order valence-corrected chi connectivity index (χ4v) is 9.01. The van der Waals surface area contributed by atoms with Crippen molar-refractivity contribution in [3.63, 3.8) is 0 Å². The molecule has 0 radical (unpaired) electrons. The second-order valence-corrected chi connectivity index (χ2v) is 14.4. The molecule has 0 saturated heterocycles. The van der Waals surface area contributed by atoms with Gasteiger partial charge in [0.2, 0.25) is 0 Å². The van der Waals surface area contributed by atoms with Crippen molar-refractivity contribution in [3.8, 4) is 56.5 Å². The van der Waals surface area contributed by atoms with Gasteiger partial charge in [-0.15, -0.1) is 22.7 Å². The minimum Gasteiger partial charge on any atom is -0.228 e. The zero-order valence-corrected chi connectivity index (χ0v) is 28.2. The van der Waals surface area contributed by atoms with Crippen molar-refractivity contribution in [2.24, 2.45) is 0 Å². The Bertz CT molecular complexity index is 2800. The molecule has 0 amide bonds. The van der Waals surface area contributed by atoms with Crippen LogP contribution in [-0.2, 0) is 0 Å². The van der Waals surface area contributed by atoms with Crippen molar-refractivity contribution >= 4 is 63.1 Å². The number of fused-ring (bicyclic) bond motifs is 6. The van der Waals surface area contributed by atoms with Crippen LogP contribution < -0.4 is 0 Å². The minimum absolute atomic E-state index is 0.705. The zero-order valence-electron chi connectivity index (χ0n) is 26.6. The Morgan fingerprint density at radius 1 is 0.380 bits per heavy atom. The summed E-state index contributed by atoms with van der Waals surface area (Å²) in [5.74, 6) is 1.44. The molecule has 0 saturated carbocycles. The third-order valence-corrected chi connectivity index (χ3v) is 11.4. The highest BCUT2D eigenvalue weighted by molar-refractivity contribution is 7.26. The third kappa shape index (κ3) is 4.88. The molecule has 0 aliphatic rings. The van der Waals surface area contributed by atoms with E-state index in [9.17, 15) is 0 Å². The molecule has 0 fully saturated rings. The van der Waals surface area contributed by atoms with Gasteiger partial charge in [0.05, 0.1) is 27.3 Å². The Labute approximate surface area is 296 Å². The van der Waals surface area contributed by atoms with Gasteiger partial charge in [0.1, 0.15) is 0 Å². The van der Waals surface area contributed by atoms with Crippen LogP contribution in [0.4, 0.5) is 0 Å². The highest BCUT2D eigenvalue weighted by Crippen LogP contribution is 2.44. The molecule has 0 aliphatic heterocycles. The number of thiophene rings is 2. The van der Waals surface area contributed by atoms with Crippen molar-refractivity contribution in [2.45, 2.75) is 0 Å². The summed E-state index contributed by atoms with van der Waals surface area (Å²) in [6.45, 7) is 0. The number of rotatable bonds is 5. The molecule has 0 bridgehead atoms. The summed E-state index contributed by atoms with van der Waals surface area (Å²) in [4.78, 5) is 20.8. The first-order valence-corrected chi connectivity index (χ1v) is 18.1. The molecule has 0 unspecified atom stereocenters. The summed E-state index contributed by atoms with van der Waals surface area (Å²) in [7, 11) is 0. The van der Waals surface area contributed by atoms with E-state index in [1.165, 1.54) is 19.5 Å². The topological polar surface area (TPSA) is 51.6 Å². The molecule has 10 aromatic rings. The Morgan fingerprint density at radius 3 is 1.80 bits per heavy atom. The van der Waals surface area contributed by atoms with Gasteiger partial charge < -0.3 is 0 Å². The lowest BCUT2D eigenvalue weighted by Crippen LogP contribution is -1.96. The number of aromatic nitrogens is 4. The maximum atomic E-state index is 5.33. The van der Waals surface area contributed by atoms with Crippen LogP contribution in [0.3, 0.4) is 0 Å². The van der Waals surface area contributed by atoms with E-state index in [1.54, 1.807) is 22.7 Å². The molecule has 50 heavy (non-hydrogen) atoms. The van der Waals surface area contributed by atoms with Crippen LogP contribution >= 0.6 is 22.7 Å². The predicted molar refractivity (Wildman–Crippen MR) is 211 cm³/mol. The van der Waals surface area contributed by atoms with E-state index in [4.69, 9.17) is 19.9 Å². The highest BCUT2D eigenvalue weighted by atomic mass is 32.1. The first-order valence-electron chi connectivity index (χ1n) is 16.5. The molecule has 0 atom stereocenters. The maximum Gasteiger partial charge on any atom is 0.161 e. The van der Waals surface area contributed by atoms with Crippen LogP contribution in [0.15, 0.2) is 158 Å². The Balaban J connectivity index is 1.20. The monoisotopic (exact) mass is 674 g/mol. The van der Waals surface area contributed by atoms with Gasteiger partial charge in [-0.25, -0.2) is 19.9 Å². The van der Waals surface area contributed by atoms with Crippen molar-refractivity contribution in [3.05, 3.63) is 158 Å². The molecule has 4 aromatic heterocycles. The van der Waals surface area contributed by atoms with E-state index in [0.717, 1.165) is 71.7 Å². The maximum absolute atomic E-state index is 5.33. The largest absolute Gasteiger partial charge is 0.228 e. The lowest BCUT2D eigenvalue weighted by molar-refractivity contribution is 1.18. The molecule has 4 heterocycles. The van der Waals surface area contributed by atoms with Crippen LogP contribution in [0.2, 0.25) is 0 Å². The van der Waals surface area contributed by atoms with E-state index in [-0.39, 0.29) is 0 Å². The Kier molecular flexibility index (Phi) is 6.82. The van der Waals surface area contributed by atoms with E-state index in [1.807, 2.05) is 42.5 Å². The number of nitrogens with zero attached hydrogens (tertiary/aromatic N) is 4. The SMILES string of the molecule is c1ccc(-c2cc(-c3ccc4sc5cccc(-c6nc(-c7ccccc7)c7sc8ccccc8c7n6)c5c4c3)nc(-c3ccccc3)n2)cc1. The van der Waals surface area contributed by atoms with Gasteiger partial charge in [-0.2, -0.15) is 0 Å². The van der Waals surface area contributed by atoms with Gasteiger partial charge in [0.15, 0.2) is 11.6 Å². The predicted octanol–water partition coefficient (Wildman–Crippen LogP) is 12.3. The average Bonchev–Trinajstić information content (AvgIpc) is 3.76. The summed E-state index contributed by atoms with van der Waals surface area (Å²) in [5, 5.41) is 3.48. The number of hydrogen-bond acceptors (Lipinski definition) is 6. The van der Waals surface area contributed by atoms with Crippen LogP contribution in [-0.4, -0.2) is 19.9 Å². The normalized spacial score (nSPS) is 11.6. The van der Waals surface area contributed by atoms with E-state index in [2.05, 4.69) is 115 Å². The second kappa shape index (κ2) is 11.8. The first-order chi connectivity index (χ1) is 24.8. The van der Waals surface area contributed by atoms with Crippen LogP contribution in [0.25, 0.3) is 97.0 Å². The molecule has 6 aromatic carbocycles. The standard InChI is InChI=1S/C44H26N4S2/c1-4-13-27(14-5-1)34-26-35(46-43(45-34)29-17-8-3-9-18-29)30-23-24-37-33(25-30)39-32(20-12-22-38(39)49-37)44-47-40(28-15-6-2-7-16-28)42-41(48-44)31-19-10-11-21-36(31)50-42/h1-26H. The molecule has 0 aliphatic carbocycles. The van der Waals surface area contributed by atoms with Gasteiger partial charge in [-0.1, -0.05) is 127 Å². The highest BCUT2D eigenvalue weighted by Gasteiger charge is 2.20. The number of hydrogen-bond donors (Lipinski definition) is 0. The molecular formula is C44H26N4S2. The van der Waals surface area contributed by atoms with Crippen LogP contribution in [0, 0.1) is 0 Å². The molecule has 10 rings (SSSR count). The van der Waals surface area contributed by atoms with E-state index >= 15 is 0 Å². The van der Waals surface area contributed by atoms with E-state index < -0.39 is 0 Å². The summed E-state index contributed by atoms with van der Waals surface area (Å²) < 4.78 is 4.73. The lowest BCUT2D eigenvalue weighted by Gasteiger charge is -2.10. The molecular weight excluding hydrogens is 649 g/mol. The Hall–Kier alpha value is -6.08. The molecule has 4 nitrogen and oxygen atoms in total. The van der Waals surface area contributed by atoms with Crippen molar-refractivity contribution < 1.29 is 0 Å². The van der Waals surface area contributed by atoms with Gasteiger partial charge in [0, 0.05) is 58.1 Å². The molecule has 234 valence electrons. The molecule has 6 heteroatoms. The third-order valence-electron chi connectivity index (χ3n) is 9.13. The van der Waals surface area contributed by atoms with Crippen molar-refractivity contribution in [2.75, 3.05) is 0 Å². The average molecular weight is 675 g/mol. The summed E-state index contributed by atoms with van der Waals surface area (Å²) in [6.07, 6.45) is 0. The summed E-state index contributed by atoms with van der Waals surface area (Å²) in [6, 6.07) is 54.8. The number of benzene rings is 6. The summed E-state index contributed by atoms with van der Waals surface area (Å²) in [5.41, 5.74) is 8.92. The first kappa shape index (κ1) is 28.9. The van der Waals surface area contributed by atoms with Gasteiger partial charge in [-0.05, 0) is 30.3 Å². The molecule has 0 spiro atoms. The Morgan fingerprint density at radius 2 is 1.02 bits per heavy atom. The smallest absolute Gasteiger partial charge is 0.161 e. The molecule has 0 N–H and O–H groups in total.